The monoisotopic (exact) mass is 224 g/mol. The Balaban J connectivity index is 2.31. The lowest BCUT2D eigenvalue weighted by molar-refractivity contribution is 0.915. The number of aromatic nitrogens is 3. The van der Waals surface area contributed by atoms with Crippen LogP contribution >= 0.6 is 0 Å². The minimum atomic E-state index is 0.474. The molecule has 2 heterocycles. The maximum atomic E-state index is 5.70. The molecule has 4 heteroatoms. The predicted molar refractivity (Wildman–Crippen MR) is 66.8 cm³/mol. The Kier molecular flexibility index (Phi) is 2.34. The van der Waals surface area contributed by atoms with Gasteiger partial charge in [-0.25, -0.2) is 4.98 Å². The van der Waals surface area contributed by atoms with Gasteiger partial charge in [0.2, 0.25) is 0 Å². The van der Waals surface area contributed by atoms with Gasteiger partial charge in [-0.2, -0.15) is 0 Å². The molecule has 2 N–H and O–H groups in total. The number of pyridine rings is 1. The van der Waals surface area contributed by atoms with Crippen LogP contribution in [0.25, 0.3) is 16.5 Å². The zero-order chi connectivity index (χ0) is 11.7. The van der Waals surface area contributed by atoms with E-state index in [0.29, 0.717) is 6.54 Å². The van der Waals surface area contributed by atoms with Gasteiger partial charge in [0.05, 0.1) is 17.7 Å². The summed E-state index contributed by atoms with van der Waals surface area (Å²) in [4.78, 5) is 8.27. The van der Waals surface area contributed by atoms with Crippen molar-refractivity contribution in [1.82, 2.24) is 14.5 Å². The Morgan fingerprint density at radius 1 is 1.12 bits per heavy atom. The summed E-state index contributed by atoms with van der Waals surface area (Å²) in [7, 11) is 0. The summed E-state index contributed by atoms with van der Waals surface area (Å²) in [5.41, 5.74) is 7.78. The molecule has 0 saturated carbocycles. The van der Waals surface area contributed by atoms with E-state index in [4.69, 9.17) is 5.73 Å². The molecule has 84 valence electrons. The van der Waals surface area contributed by atoms with E-state index >= 15 is 0 Å². The quantitative estimate of drug-likeness (QED) is 0.723. The van der Waals surface area contributed by atoms with Crippen molar-refractivity contribution in [3.05, 3.63) is 54.9 Å². The molecule has 4 nitrogen and oxygen atoms in total. The fourth-order valence-corrected chi connectivity index (χ4v) is 2.01. The van der Waals surface area contributed by atoms with Crippen molar-refractivity contribution in [3.8, 4) is 5.69 Å². The SMILES string of the molecule is NCc1cncn1-c1cccc2cnccc12. The zero-order valence-electron chi connectivity index (χ0n) is 9.24. The van der Waals surface area contributed by atoms with Gasteiger partial charge in [0.25, 0.3) is 0 Å². The highest BCUT2D eigenvalue weighted by molar-refractivity contribution is 5.89. The van der Waals surface area contributed by atoms with Crippen LogP contribution in [0.5, 0.6) is 0 Å². The lowest BCUT2D eigenvalue weighted by atomic mass is 10.1. The van der Waals surface area contributed by atoms with Gasteiger partial charge in [-0.1, -0.05) is 12.1 Å². The molecular weight excluding hydrogens is 212 g/mol. The van der Waals surface area contributed by atoms with Crippen molar-refractivity contribution in [3.63, 3.8) is 0 Å². The van der Waals surface area contributed by atoms with Crippen LogP contribution in [-0.2, 0) is 6.54 Å². The first-order chi connectivity index (χ1) is 8.40. The number of hydrogen-bond donors (Lipinski definition) is 1. The average Bonchev–Trinajstić information content (AvgIpc) is 2.86. The van der Waals surface area contributed by atoms with E-state index in [1.807, 2.05) is 29.0 Å². The number of nitrogens with zero attached hydrogens (tertiary/aromatic N) is 3. The lowest BCUT2D eigenvalue weighted by Crippen LogP contribution is -2.04. The number of benzene rings is 1. The molecule has 17 heavy (non-hydrogen) atoms. The molecule has 0 bridgehead atoms. The van der Waals surface area contributed by atoms with Crippen LogP contribution in [0.2, 0.25) is 0 Å². The number of hydrogen-bond acceptors (Lipinski definition) is 3. The van der Waals surface area contributed by atoms with Crippen molar-refractivity contribution in [2.45, 2.75) is 6.54 Å². The summed E-state index contributed by atoms with van der Waals surface area (Å²) in [6.45, 7) is 0.474. The van der Waals surface area contributed by atoms with E-state index in [1.54, 1.807) is 18.7 Å². The molecule has 0 aliphatic heterocycles. The third-order valence-corrected chi connectivity index (χ3v) is 2.84. The minimum absolute atomic E-state index is 0.474. The first-order valence-corrected chi connectivity index (χ1v) is 5.44. The second kappa shape index (κ2) is 3.99. The molecule has 0 saturated heterocycles. The molecule has 0 unspecified atom stereocenters. The van der Waals surface area contributed by atoms with E-state index < -0.39 is 0 Å². The molecule has 0 aliphatic rings. The minimum Gasteiger partial charge on any atom is -0.325 e. The van der Waals surface area contributed by atoms with E-state index in [0.717, 1.165) is 22.2 Å². The van der Waals surface area contributed by atoms with Crippen LogP contribution in [0, 0.1) is 0 Å². The summed E-state index contributed by atoms with van der Waals surface area (Å²) in [6, 6.07) is 8.12. The lowest BCUT2D eigenvalue weighted by Gasteiger charge is -2.09. The standard InChI is InChI=1S/C13H12N4/c14-6-11-8-16-9-17(11)13-3-1-2-10-7-15-5-4-12(10)13/h1-5,7-9H,6,14H2. The maximum absolute atomic E-state index is 5.70. The highest BCUT2D eigenvalue weighted by Gasteiger charge is 2.06. The van der Waals surface area contributed by atoms with Gasteiger partial charge in [-0.3, -0.25) is 4.98 Å². The summed E-state index contributed by atoms with van der Waals surface area (Å²) >= 11 is 0. The fraction of sp³-hybridized carbons (Fsp3) is 0.0769. The number of rotatable bonds is 2. The first-order valence-electron chi connectivity index (χ1n) is 5.44. The second-order valence-corrected chi connectivity index (χ2v) is 3.83. The molecule has 0 radical (unpaired) electrons. The first kappa shape index (κ1) is 9.99. The Morgan fingerprint density at radius 3 is 2.94 bits per heavy atom. The normalized spacial score (nSPS) is 10.9. The maximum Gasteiger partial charge on any atom is 0.0994 e. The van der Waals surface area contributed by atoms with Crippen LogP contribution in [0.15, 0.2) is 49.2 Å². The van der Waals surface area contributed by atoms with Gasteiger partial charge in [0.15, 0.2) is 0 Å². The van der Waals surface area contributed by atoms with Crippen LogP contribution in [0.4, 0.5) is 0 Å². The predicted octanol–water partition coefficient (Wildman–Crippen LogP) is 1.88. The summed E-state index contributed by atoms with van der Waals surface area (Å²) < 4.78 is 2.02. The molecule has 3 aromatic rings. The number of imidazole rings is 1. The van der Waals surface area contributed by atoms with Crippen LogP contribution < -0.4 is 5.73 Å². The molecule has 3 rings (SSSR count). The molecule has 0 amide bonds. The van der Waals surface area contributed by atoms with Gasteiger partial charge in [-0.05, 0) is 12.1 Å². The van der Waals surface area contributed by atoms with Gasteiger partial charge in [0, 0.05) is 35.9 Å². The van der Waals surface area contributed by atoms with Crippen LogP contribution in [-0.4, -0.2) is 14.5 Å². The Hall–Kier alpha value is -2.20. The molecule has 0 aliphatic carbocycles. The molecule has 2 aromatic heterocycles. The smallest absolute Gasteiger partial charge is 0.0994 e. The molecule has 1 aromatic carbocycles. The Labute approximate surface area is 98.7 Å². The average molecular weight is 224 g/mol. The highest BCUT2D eigenvalue weighted by Crippen LogP contribution is 2.22. The molecule has 0 atom stereocenters. The topological polar surface area (TPSA) is 56.7 Å². The van der Waals surface area contributed by atoms with Gasteiger partial charge in [-0.15, -0.1) is 0 Å². The molecule has 0 fully saturated rings. The molecule has 0 spiro atoms. The Morgan fingerprint density at radius 2 is 2.06 bits per heavy atom. The third-order valence-electron chi connectivity index (χ3n) is 2.84. The fourth-order valence-electron chi connectivity index (χ4n) is 2.01. The number of nitrogens with two attached hydrogens (primary N) is 1. The summed E-state index contributed by atoms with van der Waals surface area (Å²) in [5.74, 6) is 0. The largest absolute Gasteiger partial charge is 0.325 e. The third kappa shape index (κ3) is 1.59. The zero-order valence-corrected chi connectivity index (χ0v) is 9.24. The molecular formula is C13H12N4. The van der Waals surface area contributed by atoms with E-state index in [1.165, 1.54) is 0 Å². The summed E-state index contributed by atoms with van der Waals surface area (Å²) in [5, 5.41) is 2.26. The van der Waals surface area contributed by atoms with Gasteiger partial charge < -0.3 is 10.3 Å². The van der Waals surface area contributed by atoms with Crippen LogP contribution in [0.1, 0.15) is 5.69 Å². The van der Waals surface area contributed by atoms with E-state index in [9.17, 15) is 0 Å². The van der Waals surface area contributed by atoms with Crippen molar-refractivity contribution in [2.75, 3.05) is 0 Å². The van der Waals surface area contributed by atoms with Crippen LogP contribution in [0.3, 0.4) is 0 Å². The van der Waals surface area contributed by atoms with Crippen molar-refractivity contribution in [1.29, 1.82) is 0 Å². The van der Waals surface area contributed by atoms with Gasteiger partial charge >= 0.3 is 0 Å². The Bertz CT molecular complexity index is 652. The van der Waals surface area contributed by atoms with Crippen molar-refractivity contribution < 1.29 is 0 Å². The van der Waals surface area contributed by atoms with Crippen molar-refractivity contribution in [2.24, 2.45) is 5.73 Å². The summed E-state index contributed by atoms with van der Waals surface area (Å²) in [6.07, 6.45) is 7.24. The second-order valence-electron chi connectivity index (χ2n) is 3.83. The number of fused-ring (bicyclic) bond motifs is 1. The van der Waals surface area contributed by atoms with Crippen molar-refractivity contribution >= 4 is 10.8 Å². The van der Waals surface area contributed by atoms with E-state index in [2.05, 4.69) is 16.0 Å². The van der Waals surface area contributed by atoms with Gasteiger partial charge in [0.1, 0.15) is 0 Å². The highest BCUT2D eigenvalue weighted by atomic mass is 15.1. The van der Waals surface area contributed by atoms with E-state index in [-0.39, 0.29) is 0 Å².